The maximum atomic E-state index is 15.2. The van der Waals surface area contributed by atoms with Gasteiger partial charge in [0.15, 0.2) is 0 Å². The molecule has 1 heterocycles. The summed E-state index contributed by atoms with van der Waals surface area (Å²) in [4.78, 5) is 14.9. The summed E-state index contributed by atoms with van der Waals surface area (Å²) in [6, 6.07) is 12.8. The highest BCUT2D eigenvalue weighted by Crippen LogP contribution is 2.44. The Labute approximate surface area is 245 Å². The van der Waals surface area contributed by atoms with Crippen LogP contribution in [0, 0.1) is 17.2 Å². The fraction of sp³-hybridized carbons (Fsp3) is 0.571. The van der Waals surface area contributed by atoms with E-state index in [-0.39, 0.29) is 30.8 Å². The molecule has 1 aliphatic heterocycles. The number of amides is 1. The third kappa shape index (κ3) is 7.03. The average molecular weight is 562 g/mol. The third-order valence-electron chi connectivity index (χ3n) is 9.61. The minimum atomic E-state index is -0.106. The van der Waals surface area contributed by atoms with Gasteiger partial charge >= 0.3 is 0 Å². The molecule has 3 fully saturated rings. The van der Waals surface area contributed by atoms with Crippen LogP contribution in [0.25, 0.3) is 11.1 Å². The molecule has 41 heavy (non-hydrogen) atoms. The van der Waals surface area contributed by atoms with Gasteiger partial charge in [-0.1, -0.05) is 57.2 Å². The molecular weight excluding hydrogens is 513 g/mol. The summed E-state index contributed by atoms with van der Waals surface area (Å²) in [6.45, 7) is 10.4. The molecule has 6 heteroatoms. The number of methoxy groups -OCH3 is 1. The molecule has 3 aliphatic rings. The van der Waals surface area contributed by atoms with Crippen molar-refractivity contribution in [1.29, 1.82) is 0 Å². The number of likely N-dealkylation sites (N-methyl/N-ethyl adjacent to an activating group) is 1. The Morgan fingerprint density at radius 2 is 1.95 bits per heavy atom. The van der Waals surface area contributed by atoms with Gasteiger partial charge in [0.2, 0.25) is 5.91 Å². The predicted molar refractivity (Wildman–Crippen MR) is 164 cm³/mol. The summed E-state index contributed by atoms with van der Waals surface area (Å²) >= 11 is 0. The number of carbonyl (C=O) groups is 1. The quantitative estimate of drug-likeness (QED) is 0.288. The fourth-order valence-electron chi connectivity index (χ4n) is 7.21. The SMILES string of the molecule is C=C(NC1CC(CCc2ccc(CC(=O)NCOC)cc2-c2cccc(F)c2C2CCC2)C1)[C@@H]1CC(C)(C)CN1C. The highest BCUT2D eigenvalue weighted by molar-refractivity contribution is 5.80. The van der Waals surface area contributed by atoms with E-state index in [0.29, 0.717) is 23.4 Å². The first-order chi connectivity index (χ1) is 19.6. The van der Waals surface area contributed by atoms with Gasteiger partial charge in [-0.15, -0.1) is 0 Å². The monoisotopic (exact) mass is 561 g/mol. The molecule has 5 rings (SSSR count). The Morgan fingerprint density at radius 3 is 2.61 bits per heavy atom. The maximum absolute atomic E-state index is 15.2. The maximum Gasteiger partial charge on any atom is 0.226 e. The number of carbonyl (C=O) groups excluding carboxylic acids is 1. The number of likely N-dealkylation sites (tertiary alicyclic amines) is 1. The number of ether oxygens (including phenoxy) is 1. The molecule has 222 valence electrons. The summed E-state index contributed by atoms with van der Waals surface area (Å²) in [5, 5.41) is 6.52. The van der Waals surface area contributed by atoms with Crippen LogP contribution in [0.15, 0.2) is 48.7 Å². The second-order valence-electron chi connectivity index (χ2n) is 13.6. The first kappa shape index (κ1) is 29.8. The number of rotatable bonds is 12. The van der Waals surface area contributed by atoms with E-state index in [9.17, 15) is 4.79 Å². The number of hydrogen-bond donors (Lipinski definition) is 2. The Kier molecular flexibility index (Phi) is 9.20. The van der Waals surface area contributed by atoms with Crippen molar-refractivity contribution in [3.05, 3.63) is 71.2 Å². The van der Waals surface area contributed by atoms with E-state index in [4.69, 9.17) is 4.74 Å². The van der Waals surface area contributed by atoms with E-state index >= 15 is 4.39 Å². The Hall–Kier alpha value is -2.70. The van der Waals surface area contributed by atoms with E-state index in [2.05, 4.69) is 67.3 Å². The van der Waals surface area contributed by atoms with E-state index in [1.807, 2.05) is 6.07 Å². The number of aryl methyl sites for hydroxylation is 1. The minimum Gasteiger partial charge on any atom is -0.385 e. The van der Waals surface area contributed by atoms with Crippen LogP contribution in [0.1, 0.15) is 81.4 Å². The number of benzene rings is 2. The van der Waals surface area contributed by atoms with Crippen molar-refractivity contribution in [2.24, 2.45) is 11.3 Å². The third-order valence-corrected chi connectivity index (χ3v) is 9.61. The molecule has 0 aromatic heterocycles. The summed E-state index contributed by atoms with van der Waals surface area (Å²) in [7, 11) is 3.77. The van der Waals surface area contributed by atoms with Crippen LogP contribution in [0.2, 0.25) is 0 Å². The molecular formula is C35H48FN3O2. The number of nitrogens with zero attached hydrogens (tertiary/aromatic N) is 1. The summed E-state index contributed by atoms with van der Waals surface area (Å²) in [5.41, 5.74) is 6.62. The van der Waals surface area contributed by atoms with Crippen molar-refractivity contribution in [3.8, 4) is 11.1 Å². The standard InChI is InChI=1S/C35H48FN3O2/c1-23(32-20-35(2,3)21-39(32)4)38-28-16-24(17-28)12-14-26-15-13-25(19-33(40)37-22-41-5)18-30(26)29-10-7-11-31(36)34(29)27-8-6-9-27/h7,10-11,13,15,18,24,27-28,32,38H,1,6,8-9,12,14,16-17,19-22H2,2-5H3,(H,37,40)/t24?,28?,32-/m0/s1. The molecule has 2 N–H and O–H groups in total. The van der Waals surface area contributed by atoms with Crippen LogP contribution >= 0.6 is 0 Å². The van der Waals surface area contributed by atoms with Gasteiger partial charge in [-0.2, -0.15) is 0 Å². The van der Waals surface area contributed by atoms with Gasteiger partial charge in [0.1, 0.15) is 12.5 Å². The predicted octanol–water partition coefficient (Wildman–Crippen LogP) is 6.57. The van der Waals surface area contributed by atoms with Crippen LogP contribution in [-0.2, 0) is 22.4 Å². The normalized spacial score (nSPS) is 24.0. The molecule has 2 saturated carbocycles. The van der Waals surface area contributed by atoms with E-state index in [1.165, 1.54) is 24.1 Å². The van der Waals surface area contributed by atoms with Crippen LogP contribution in [0.3, 0.4) is 0 Å². The number of nitrogens with one attached hydrogen (secondary N) is 2. The summed E-state index contributed by atoms with van der Waals surface area (Å²) in [6.07, 6.45) is 9.05. The van der Waals surface area contributed by atoms with Crippen molar-refractivity contribution >= 4 is 5.91 Å². The van der Waals surface area contributed by atoms with Gasteiger partial charge in [-0.25, -0.2) is 4.39 Å². The zero-order valence-corrected chi connectivity index (χ0v) is 25.4. The molecule has 0 bridgehead atoms. The number of hydrogen-bond acceptors (Lipinski definition) is 4. The fourth-order valence-corrected chi connectivity index (χ4v) is 7.21. The summed E-state index contributed by atoms with van der Waals surface area (Å²) < 4.78 is 20.2. The molecule has 2 aliphatic carbocycles. The van der Waals surface area contributed by atoms with Gasteiger partial charge in [0.05, 0.1) is 6.42 Å². The zero-order valence-electron chi connectivity index (χ0n) is 25.4. The molecule has 0 spiro atoms. The average Bonchev–Trinajstić information content (AvgIpc) is 3.16. The van der Waals surface area contributed by atoms with E-state index < -0.39 is 0 Å². The van der Waals surface area contributed by atoms with Crippen LogP contribution in [-0.4, -0.2) is 50.3 Å². The Morgan fingerprint density at radius 1 is 1.17 bits per heavy atom. The van der Waals surface area contributed by atoms with Crippen molar-refractivity contribution in [2.45, 2.75) is 89.6 Å². The molecule has 0 radical (unpaired) electrons. The second-order valence-corrected chi connectivity index (χ2v) is 13.6. The van der Waals surface area contributed by atoms with E-state index in [1.54, 1.807) is 13.2 Å². The second kappa shape index (κ2) is 12.7. The first-order valence-electron chi connectivity index (χ1n) is 15.5. The van der Waals surface area contributed by atoms with Crippen molar-refractivity contribution in [3.63, 3.8) is 0 Å². The molecule has 2 aromatic rings. The lowest BCUT2D eigenvalue weighted by atomic mass is 9.74. The molecule has 1 saturated heterocycles. The van der Waals surface area contributed by atoms with Crippen molar-refractivity contribution in [2.75, 3.05) is 27.4 Å². The zero-order chi connectivity index (χ0) is 29.1. The molecule has 1 atom stereocenters. The Bertz CT molecular complexity index is 1250. The first-order valence-corrected chi connectivity index (χ1v) is 15.5. The van der Waals surface area contributed by atoms with Crippen molar-refractivity contribution < 1.29 is 13.9 Å². The topological polar surface area (TPSA) is 53.6 Å². The largest absolute Gasteiger partial charge is 0.385 e. The molecule has 0 unspecified atom stereocenters. The van der Waals surface area contributed by atoms with Gasteiger partial charge < -0.3 is 15.4 Å². The lowest BCUT2D eigenvalue weighted by Gasteiger charge is -2.39. The minimum absolute atomic E-state index is 0.0778. The molecule has 2 aromatic carbocycles. The number of halogens is 1. The Balaban J connectivity index is 1.26. The van der Waals surface area contributed by atoms with Gasteiger partial charge in [0, 0.05) is 31.4 Å². The van der Waals surface area contributed by atoms with Gasteiger partial charge in [-0.05, 0) is 103 Å². The van der Waals surface area contributed by atoms with Crippen molar-refractivity contribution in [1.82, 2.24) is 15.5 Å². The van der Waals surface area contributed by atoms with Gasteiger partial charge in [-0.3, -0.25) is 9.69 Å². The highest BCUT2D eigenvalue weighted by atomic mass is 19.1. The molecule has 5 nitrogen and oxygen atoms in total. The van der Waals surface area contributed by atoms with E-state index in [0.717, 1.165) is 67.3 Å². The lowest BCUT2D eigenvalue weighted by molar-refractivity contribution is -0.121. The highest BCUT2D eigenvalue weighted by Gasteiger charge is 2.38. The summed E-state index contributed by atoms with van der Waals surface area (Å²) in [5.74, 6) is 0.768. The van der Waals surface area contributed by atoms with Crippen LogP contribution in [0.5, 0.6) is 0 Å². The van der Waals surface area contributed by atoms with Crippen LogP contribution in [0.4, 0.5) is 4.39 Å². The smallest absolute Gasteiger partial charge is 0.226 e. The molecule has 1 amide bonds. The lowest BCUT2D eigenvalue weighted by Crippen LogP contribution is -2.44. The van der Waals surface area contributed by atoms with Crippen LogP contribution < -0.4 is 10.6 Å². The van der Waals surface area contributed by atoms with Gasteiger partial charge in [0.25, 0.3) is 0 Å².